The van der Waals surface area contributed by atoms with Crippen LogP contribution in [0.2, 0.25) is 0 Å². The number of carbonyl (C=O) groups is 3. The molecule has 0 bridgehead atoms. The van der Waals surface area contributed by atoms with Crippen LogP contribution in [-0.2, 0) is 14.4 Å². The van der Waals surface area contributed by atoms with Crippen molar-refractivity contribution in [2.45, 2.75) is 39.5 Å². The van der Waals surface area contributed by atoms with Crippen molar-refractivity contribution >= 4 is 29.1 Å². The van der Waals surface area contributed by atoms with Gasteiger partial charge in [0.25, 0.3) is 0 Å². The normalized spacial score (nSPS) is 23.0. The summed E-state index contributed by atoms with van der Waals surface area (Å²) in [5.41, 5.74) is 1.11. The first-order valence-electron chi connectivity index (χ1n) is 9.61. The van der Waals surface area contributed by atoms with Crippen molar-refractivity contribution in [3.8, 4) is 0 Å². The van der Waals surface area contributed by atoms with Gasteiger partial charge in [0.1, 0.15) is 5.41 Å². The predicted octanol–water partition coefficient (Wildman–Crippen LogP) is 1.88. The molecule has 0 aromatic heterocycles. The lowest BCUT2D eigenvalue weighted by Gasteiger charge is -2.25. The minimum absolute atomic E-state index is 0.0504. The average Bonchev–Trinajstić information content (AvgIpc) is 2.99. The van der Waals surface area contributed by atoms with Gasteiger partial charge in [-0.05, 0) is 63.9 Å². The van der Waals surface area contributed by atoms with Gasteiger partial charge < -0.3 is 16.0 Å². The number of hydrogen-bond acceptors (Lipinski definition) is 4. The molecule has 0 radical (unpaired) electrons. The number of likely N-dealkylation sites (tertiary alicyclic amines) is 1. The van der Waals surface area contributed by atoms with Crippen molar-refractivity contribution in [3.05, 3.63) is 23.8 Å². The minimum Gasteiger partial charge on any atom is -0.355 e. The van der Waals surface area contributed by atoms with E-state index in [1.165, 1.54) is 6.42 Å². The van der Waals surface area contributed by atoms with Gasteiger partial charge in [0.05, 0.1) is 6.54 Å². The Morgan fingerprint density at radius 2 is 1.93 bits per heavy atom. The Morgan fingerprint density at radius 3 is 2.59 bits per heavy atom. The summed E-state index contributed by atoms with van der Waals surface area (Å²) in [7, 11) is 0. The van der Waals surface area contributed by atoms with E-state index in [9.17, 15) is 14.4 Å². The van der Waals surface area contributed by atoms with Gasteiger partial charge >= 0.3 is 0 Å². The Morgan fingerprint density at radius 1 is 1.19 bits per heavy atom. The van der Waals surface area contributed by atoms with Gasteiger partial charge in [-0.15, -0.1) is 0 Å². The summed E-state index contributed by atoms with van der Waals surface area (Å²) in [6.07, 6.45) is 3.99. The lowest BCUT2D eigenvalue weighted by atomic mass is 9.88. The molecule has 1 aromatic carbocycles. The van der Waals surface area contributed by atoms with Crippen LogP contribution in [-0.4, -0.2) is 48.8 Å². The van der Waals surface area contributed by atoms with Crippen molar-refractivity contribution in [1.82, 2.24) is 10.2 Å². The molecular weight excluding hydrogens is 344 g/mol. The average molecular weight is 372 g/mol. The molecular formula is C20H28N4O3. The number of nitrogens with zero attached hydrogens (tertiary/aromatic N) is 1. The van der Waals surface area contributed by atoms with E-state index in [-0.39, 0.29) is 17.7 Å². The molecule has 1 unspecified atom stereocenters. The van der Waals surface area contributed by atoms with Crippen LogP contribution < -0.4 is 16.0 Å². The fourth-order valence-corrected chi connectivity index (χ4v) is 3.57. The van der Waals surface area contributed by atoms with Gasteiger partial charge in [0, 0.05) is 17.9 Å². The van der Waals surface area contributed by atoms with E-state index in [1.807, 2.05) is 13.0 Å². The zero-order valence-electron chi connectivity index (χ0n) is 16.1. The van der Waals surface area contributed by atoms with Gasteiger partial charge in [-0.3, -0.25) is 19.3 Å². The highest BCUT2D eigenvalue weighted by atomic mass is 16.2. The number of anilines is 2. The van der Waals surface area contributed by atoms with Crippen molar-refractivity contribution in [2.24, 2.45) is 5.41 Å². The second kappa shape index (κ2) is 8.08. The highest BCUT2D eigenvalue weighted by molar-refractivity contribution is 6.11. The number of hydrogen-bond donors (Lipinski definition) is 3. The zero-order valence-corrected chi connectivity index (χ0v) is 16.1. The molecule has 146 valence electrons. The number of benzene rings is 1. The van der Waals surface area contributed by atoms with Gasteiger partial charge in [0.2, 0.25) is 17.7 Å². The molecule has 0 spiro atoms. The Balaban J connectivity index is 1.64. The van der Waals surface area contributed by atoms with Gasteiger partial charge in [-0.1, -0.05) is 12.5 Å². The number of amides is 3. The molecule has 0 aliphatic carbocycles. The number of aryl methyl sites for hydroxylation is 1. The third kappa shape index (κ3) is 4.47. The maximum Gasteiger partial charge on any atom is 0.239 e. The minimum atomic E-state index is -1.05. The van der Waals surface area contributed by atoms with Crippen molar-refractivity contribution in [2.75, 3.05) is 36.8 Å². The second-order valence-corrected chi connectivity index (χ2v) is 7.71. The smallest absolute Gasteiger partial charge is 0.239 e. The molecule has 3 N–H and O–H groups in total. The molecule has 0 saturated carbocycles. The molecule has 7 nitrogen and oxygen atoms in total. The van der Waals surface area contributed by atoms with Gasteiger partial charge in [0.15, 0.2) is 0 Å². The highest BCUT2D eigenvalue weighted by Gasteiger charge is 2.44. The first kappa shape index (κ1) is 19.4. The summed E-state index contributed by atoms with van der Waals surface area (Å²) in [6.45, 7) is 6.38. The second-order valence-electron chi connectivity index (χ2n) is 7.71. The van der Waals surface area contributed by atoms with Crippen LogP contribution in [0.1, 0.15) is 38.2 Å². The molecule has 3 rings (SSSR count). The van der Waals surface area contributed by atoms with Crippen LogP contribution in [0.3, 0.4) is 0 Å². The van der Waals surface area contributed by atoms with Gasteiger partial charge in [-0.25, -0.2) is 0 Å². The molecule has 1 atom stereocenters. The number of carbonyl (C=O) groups excluding carboxylic acids is 3. The molecule has 2 fully saturated rings. The summed E-state index contributed by atoms with van der Waals surface area (Å²) in [4.78, 5) is 39.1. The first-order valence-corrected chi connectivity index (χ1v) is 9.61. The molecule has 27 heavy (non-hydrogen) atoms. The predicted molar refractivity (Wildman–Crippen MR) is 104 cm³/mol. The van der Waals surface area contributed by atoms with Crippen LogP contribution in [0.5, 0.6) is 0 Å². The van der Waals surface area contributed by atoms with E-state index in [0.29, 0.717) is 30.9 Å². The molecule has 7 heteroatoms. The Hall–Kier alpha value is -2.41. The molecule has 2 aliphatic heterocycles. The molecule has 2 heterocycles. The molecule has 1 aromatic rings. The number of rotatable bonds is 5. The largest absolute Gasteiger partial charge is 0.355 e. The number of nitrogens with one attached hydrogen (secondary N) is 3. The fourth-order valence-electron chi connectivity index (χ4n) is 3.57. The van der Waals surface area contributed by atoms with Crippen LogP contribution in [0.25, 0.3) is 0 Å². The molecule has 3 amide bonds. The number of piperidine rings is 1. The van der Waals surface area contributed by atoms with Crippen LogP contribution in [0.15, 0.2) is 18.2 Å². The maximum absolute atomic E-state index is 12.6. The summed E-state index contributed by atoms with van der Waals surface area (Å²) >= 11 is 0. The van der Waals surface area contributed by atoms with Gasteiger partial charge in [-0.2, -0.15) is 0 Å². The summed E-state index contributed by atoms with van der Waals surface area (Å²) < 4.78 is 0. The van der Waals surface area contributed by atoms with Crippen LogP contribution in [0, 0.1) is 12.3 Å². The van der Waals surface area contributed by atoms with E-state index < -0.39 is 5.41 Å². The topological polar surface area (TPSA) is 90.5 Å². The monoisotopic (exact) mass is 372 g/mol. The maximum atomic E-state index is 12.6. The lowest BCUT2D eigenvalue weighted by molar-refractivity contribution is -0.136. The molecule has 2 saturated heterocycles. The molecule has 2 aliphatic rings. The van der Waals surface area contributed by atoms with E-state index >= 15 is 0 Å². The lowest BCUT2D eigenvalue weighted by Crippen LogP contribution is -2.40. The summed E-state index contributed by atoms with van der Waals surface area (Å²) in [5, 5.41) is 8.46. The third-order valence-corrected chi connectivity index (χ3v) is 5.50. The highest BCUT2D eigenvalue weighted by Crippen LogP contribution is 2.29. The van der Waals surface area contributed by atoms with Crippen LogP contribution in [0.4, 0.5) is 11.4 Å². The first-order chi connectivity index (χ1) is 12.9. The Labute approximate surface area is 159 Å². The third-order valence-electron chi connectivity index (χ3n) is 5.50. The zero-order chi connectivity index (χ0) is 19.4. The quantitative estimate of drug-likeness (QED) is 0.689. The van der Waals surface area contributed by atoms with E-state index in [4.69, 9.17) is 0 Å². The summed E-state index contributed by atoms with van der Waals surface area (Å²) in [5.74, 6) is -0.625. The SMILES string of the molecule is Cc1ccc(NC(=O)C2(C)CCNC2=O)cc1NC(=O)CN1CCCCC1. The van der Waals surface area contributed by atoms with Crippen LogP contribution >= 0.6 is 0 Å². The summed E-state index contributed by atoms with van der Waals surface area (Å²) in [6, 6.07) is 5.38. The van der Waals surface area contributed by atoms with Crippen molar-refractivity contribution < 1.29 is 14.4 Å². The van der Waals surface area contributed by atoms with Crippen molar-refractivity contribution in [1.29, 1.82) is 0 Å². The van der Waals surface area contributed by atoms with E-state index in [1.54, 1.807) is 19.1 Å². The standard InChI is InChI=1S/C20H28N4O3/c1-14-6-7-15(22-19(27)20(2)8-9-21-18(20)26)12-16(14)23-17(25)13-24-10-4-3-5-11-24/h6-7,12H,3-5,8-11,13H2,1-2H3,(H,21,26)(H,22,27)(H,23,25). The fraction of sp³-hybridized carbons (Fsp3) is 0.550. The Kier molecular flexibility index (Phi) is 5.79. The van der Waals surface area contributed by atoms with Crippen molar-refractivity contribution in [3.63, 3.8) is 0 Å². The van der Waals surface area contributed by atoms with E-state index in [0.717, 1.165) is 31.5 Å². The van der Waals surface area contributed by atoms with E-state index in [2.05, 4.69) is 20.9 Å². The Bertz CT molecular complexity index is 743.